The van der Waals surface area contributed by atoms with Gasteiger partial charge in [0.15, 0.2) is 0 Å². The second-order valence-corrected chi connectivity index (χ2v) is 4.05. The van der Waals surface area contributed by atoms with Gasteiger partial charge in [-0.25, -0.2) is 9.97 Å². The van der Waals surface area contributed by atoms with E-state index in [4.69, 9.17) is 15.7 Å². The highest BCUT2D eigenvalue weighted by Crippen LogP contribution is 2.13. The van der Waals surface area contributed by atoms with Crippen molar-refractivity contribution in [2.45, 2.75) is 12.8 Å². The average molecular weight is 254 g/mol. The van der Waals surface area contributed by atoms with Gasteiger partial charge in [-0.2, -0.15) is 5.26 Å². The van der Waals surface area contributed by atoms with E-state index in [0.29, 0.717) is 17.8 Å². The lowest BCUT2D eigenvalue weighted by atomic mass is 10.1. The Morgan fingerprint density at radius 1 is 1.26 bits per heavy atom. The van der Waals surface area contributed by atoms with E-state index in [2.05, 4.69) is 9.97 Å². The summed E-state index contributed by atoms with van der Waals surface area (Å²) < 4.78 is 5.10. The lowest BCUT2D eigenvalue weighted by molar-refractivity contribution is 0.414. The van der Waals surface area contributed by atoms with Crippen LogP contribution in [-0.4, -0.2) is 17.1 Å². The molecule has 0 aliphatic rings. The van der Waals surface area contributed by atoms with E-state index in [1.807, 2.05) is 30.3 Å². The Labute approximate surface area is 111 Å². The van der Waals surface area contributed by atoms with Crippen molar-refractivity contribution in [2.75, 3.05) is 12.8 Å². The fourth-order valence-electron chi connectivity index (χ4n) is 1.69. The third-order valence-electron chi connectivity index (χ3n) is 2.78. The maximum absolute atomic E-state index is 8.74. The monoisotopic (exact) mass is 254 g/mol. The highest BCUT2D eigenvalue weighted by molar-refractivity contribution is 5.46. The van der Waals surface area contributed by atoms with Crippen molar-refractivity contribution >= 4 is 5.82 Å². The van der Waals surface area contributed by atoms with Crippen molar-refractivity contribution in [1.29, 1.82) is 5.26 Å². The maximum atomic E-state index is 8.74. The number of anilines is 1. The molecule has 5 heteroatoms. The second kappa shape index (κ2) is 5.83. The molecule has 1 aromatic carbocycles. The number of aromatic nitrogens is 2. The van der Waals surface area contributed by atoms with Crippen LogP contribution in [-0.2, 0) is 12.8 Å². The van der Waals surface area contributed by atoms with Crippen LogP contribution in [0.3, 0.4) is 0 Å². The van der Waals surface area contributed by atoms with Crippen molar-refractivity contribution in [3.05, 3.63) is 47.4 Å². The van der Waals surface area contributed by atoms with E-state index in [9.17, 15) is 0 Å². The topological polar surface area (TPSA) is 84.8 Å². The van der Waals surface area contributed by atoms with Gasteiger partial charge in [0, 0.05) is 6.42 Å². The van der Waals surface area contributed by atoms with Gasteiger partial charge in [-0.1, -0.05) is 12.1 Å². The van der Waals surface area contributed by atoms with Gasteiger partial charge in [0.1, 0.15) is 29.0 Å². The van der Waals surface area contributed by atoms with Gasteiger partial charge >= 0.3 is 0 Å². The molecular formula is C14H14N4O. The minimum absolute atomic E-state index is 0.238. The highest BCUT2D eigenvalue weighted by Gasteiger charge is 2.04. The lowest BCUT2D eigenvalue weighted by Gasteiger charge is -2.04. The summed E-state index contributed by atoms with van der Waals surface area (Å²) in [4.78, 5) is 8.23. The van der Waals surface area contributed by atoms with Gasteiger partial charge in [-0.05, 0) is 24.1 Å². The standard InChI is InChI=1S/C14H14N4O/c1-19-12-5-2-10(3-6-12)4-7-13-17-9-11(8-15)14(16)18-13/h2-3,5-6,9H,4,7H2,1H3,(H2,16,17,18). The smallest absolute Gasteiger partial charge is 0.145 e. The molecule has 2 N–H and O–H groups in total. The number of nitrogens with zero attached hydrogens (tertiary/aromatic N) is 3. The summed E-state index contributed by atoms with van der Waals surface area (Å²) >= 11 is 0. The van der Waals surface area contributed by atoms with Gasteiger partial charge < -0.3 is 10.5 Å². The average Bonchev–Trinajstić information content (AvgIpc) is 2.46. The second-order valence-electron chi connectivity index (χ2n) is 4.05. The van der Waals surface area contributed by atoms with Crippen LogP contribution in [0.15, 0.2) is 30.5 Å². The number of nitrogens with two attached hydrogens (primary N) is 1. The first-order valence-corrected chi connectivity index (χ1v) is 5.87. The number of nitriles is 1. The molecule has 2 rings (SSSR count). The minimum Gasteiger partial charge on any atom is -0.497 e. The quantitative estimate of drug-likeness (QED) is 0.898. The molecule has 0 spiro atoms. The van der Waals surface area contributed by atoms with Crippen LogP contribution >= 0.6 is 0 Å². The van der Waals surface area contributed by atoms with Gasteiger partial charge in [0.05, 0.1) is 13.3 Å². The van der Waals surface area contributed by atoms with Gasteiger partial charge in [-0.15, -0.1) is 0 Å². The third-order valence-corrected chi connectivity index (χ3v) is 2.78. The van der Waals surface area contributed by atoms with Gasteiger partial charge in [0.2, 0.25) is 0 Å². The number of methoxy groups -OCH3 is 1. The van der Waals surface area contributed by atoms with Crippen molar-refractivity contribution in [2.24, 2.45) is 0 Å². The van der Waals surface area contributed by atoms with Crippen LogP contribution in [0.5, 0.6) is 5.75 Å². The van der Waals surface area contributed by atoms with Crippen LogP contribution in [0, 0.1) is 11.3 Å². The highest BCUT2D eigenvalue weighted by atomic mass is 16.5. The normalized spacial score (nSPS) is 9.89. The van der Waals surface area contributed by atoms with Crippen LogP contribution < -0.4 is 10.5 Å². The Kier molecular flexibility index (Phi) is 3.94. The molecule has 2 aromatic rings. The number of aryl methyl sites for hydroxylation is 2. The molecule has 0 amide bonds. The predicted molar refractivity (Wildman–Crippen MR) is 71.6 cm³/mol. The first-order chi connectivity index (χ1) is 9.22. The Balaban J connectivity index is 2.02. The number of hydrogen-bond donors (Lipinski definition) is 1. The predicted octanol–water partition coefficient (Wildman–Crippen LogP) is 1.72. The Hall–Kier alpha value is -2.61. The number of rotatable bonds is 4. The van der Waals surface area contributed by atoms with E-state index in [0.717, 1.165) is 12.2 Å². The number of nitrogen functional groups attached to an aromatic ring is 1. The van der Waals surface area contributed by atoms with Gasteiger partial charge in [0.25, 0.3) is 0 Å². The van der Waals surface area contributed by atoms with E-state index in [-0.39, 0.29) is 5.82 Å². The van der Waals surface area contributed by atoms with Crippen molar-refractivity contribution in [3.63, 3.8) is 0 Å². The molecule has 0 atom stereocenters. The SMILES string of the molecule is COc1ccc(CCc2ncc(C#N)c(N)n2)cc1. The molecule has 1 heterocycles. The third kappa shape index (κ3) is 3.19. The Morgan fingerprint density at radius 3 is 2.58 bits per heavy atom. The maximum Gasteiger partial charge on any atom is 0.145 e. The zero-order valence-corrected chi connectivity index (χ0v) is 10.6. The molecule has 0 unspecified atom stereocenters. The molecule has 0 fully saturated rings. The van der Waals surface area contributed by atoms with E-state index < -0.39 is 0 Å². The summed E-state index contributed by atoms with van der Waals surface area (Å²) in [7, 11) is 1.64. The summed E-state index contributed by atoms with van der Waals surface area (Å²) in [5.41, 5.74) is 7.14. The number of hydrogen-bond acceptors (Lipinski definition) is 5. The molecule has 1 aromatic heterocycles. The molecule has 0 radical (unpaired) electrons. The Morgan fingerprint density at radius 2 is 2.00 bits per heavy atom. The zero-order chi connectivity index (χ0) is 13.7. The fraction of sp³-hybridized carbons (Fsp3) is 0.214. The number of benzene rings is 1. The largest absolute Gasteiger partial charge is 0.497 e. The summed E-state index contributed by atoms with van der Waals surface area (Å²) in [5, 5.41) is 8.74. The summed E-state index contributed by atoms with van der Waals surface area (Å²) in [6.45, 7) is 0. The van der Waals surface area contributed by atoms with Crippen LogP contribution in [0.4, 0.5) is 5.82 Å². The van der Waals surface area contributed by atoms with Crippen LogP contribution in [0.1, 0.15) is 17.0 Å². The molecule has 96 valence electrons. The van der Waals surface area contributed by atoms with Crippen LogP contribution in [0.25, 0.3) is 0 Å². The van der Waals surface area contributed by atoms with Crippen molar-refractivity contribution in [3.8, 4) is 11.8 Å². The first-order valence-electron chi connectivity index (χ1n) is 5.87. The molecule has 19 heavy (non-hydrogen) atoms. The molecule has 0 aliphatic heterocycles. The number of ether oxygens (including phenoxy) is 1. The zero-order valence-electron chi connectivity index (χ0n) is 10.6. The fourth-order valence-corrected chi connectivity index (χ4v) is 1.69. The summed E-state index contributed by atoms with van der Waals surface area (Å²) in [5.74, 6) is 1.72. The molecular weight excluding hydrogens is 240 g/mol. The van der Waals surface area contributed by atoms with Crippen molar-refractivity contribution in [1.82, 2.24) is 9.97 Å². The van der Waals surface area contributed by atoms with Gasteiger partial charge in [-0.3, -0.25) is 0 Å². The minimum atomic E-state index is 0.238. The summed E-state index contributed by atoms with van der Waals surface area (Å²) in [6.07, 6.45) is 2.96. The van der Waals surface area contributed by atoms with E-state index in [1.165, 1.54) is 11.8 Å². The van der Waals surface area contributed by atoms with Crippen LogP contribution in [0.2, 0.25) is 0 Å². The summed E-state index contributed by atoms with van der Waals surface area (Å²) in [6, 6.07) is 9.80. The molecule has 0 bridgehead atoms. The first kappa shape index (κ1) is 12.8. The van der Waals surface area contributed by atoms with E-state index in [1.54, 1.807) is 7.11 Å². The molecule has 0 saturated carbocycles. The Bertz CT molecular complexity index is 602. The van der Waals surface area contributed by atoms with E-state index >= 15 is 0 Å². The molecule has 0 saturated heterocycles. The lowest BCUT2D eigenvalue weighted by Crippen LogP contribution is -2.03. The molecule has 5 nitrogen and oxygen atoms in total. The molecule has 0 aliphatic carbocycles. The van der Waals surface area contributed by atoms with Crippen molar-refractivity contribution < 1.29 is 4.74 Å².